The second kappa shape index (κ2) is 3.25. The van der Waals surface area contributed by atoms with Crippen molar-refractivity contribution in [3.05, 3.63) is 47.8 Å². The van der Waals surface area contributed by atoms with Gasteiger partial charge in [0.05, 0.1) is 12.0 Å². The molecule has 2 rings (SSSR count). The summed E-state index contributed by atoms with van der Waals surface area (Å²) in [7, 11) is 0. The molecular weight excluding hydrogens is 179 g/mol. The first-order chi connectivity index (χ1) is 6.68. The van der Waals surface area contributed by atoms with E-state index in [4.69, 9.17) is 0 Å². The highest BCUT2D eigenvalue weighted by Gasteiger charge is 2.03. The molecule has 0 bridgehead atoms. The minimum Gasteiger partial charge on any atom is -0.303 e. The van der Waals surface area contributed by atoms with Crippen molar-refractivity contribution in [2.45, 2.75) is 13.8 Å². The van der Waals surface area contributed by atoms with Crippen molar-refractivity contribution in [2.24, 2.45) is 0 Å². The van der Waals surface area contributed by atoms with Gasteiger partial charge in [-0.25, -0.2) is 9.37 Å². The second-order valence-electron chi connectivity index (χ2n) is 3.26. The standard InChI is InChI=1S/C11H11FN2/c1-8-9(2)14(7-13-8)11-5-3-10(12)4-6-11/h3-7H,1-2H3. The largest absolute Gasteiger partial charge is 0.303 e. The molecule has 1 aromatic carbocycles. The molecule has 0 radical (unpaired) electrons. The number of hydrogen-bond donors (Lipinski definition) is 0. The predicted octanol–water partition coefficient (Wildman–Crippen LogP) is 2.63. The van der Waals surface area contributed by atoms with Gasteiger partial charge in [-0.05, 0) is 38.1 Å². The Bertz CT molecular complexity index is 443. The minimum atomic E-state index is -0.219. The average Bonchev–Trinajstić information content (AvgIpc) is 2.50. The summed E-state index contributed by atoms with van der Waals surface area (Å²) in [5.41, 5.74) is 3.01. The first-order valence-corrected chi connectivity index (χ1v) is 4.45. The maximum atomic E-state index is 12.7. The van der Waals surface area contributed by atoms with Gasteiger partial charge in [0.25, 0.3) is 0 Å². The smallest absolute Gasteiger partial charge is 0.123 e. The van der Waals surface area contributed by atoms with Crippen LogP contribution >= 0.6 is 0 Å². The lowest BCUT2D eigenvalue weighted by molar-refractivity contribution is 0.627. The Morgan fingerprint density at radius 3 is 2.29 bits per heavy atom. The molecule has 0 aliphatic rings. The molecule has 3 heteroatoms. The summed E-state index contributed by atoms with van der Waals surface area (Å²) in [5.74, 6) is -0.219. The van der Waals surface area contributed by atoms with Gasteiger partial charge in [0, 0.05) is 11.4 Å². The third-order valence-electron chi connectivity index (χ3n) is 2.36. The molecule has 0 N–H and O–H groups in total. The number of aryl methyl sites for hydroxylation is 1. The summed E-state index contributed by atoms with van der Waals surface area (Å²) in [5, 5.41) is 0. The molecule has 14 heavy (non-hydrogen) atoms. The van der Waals surface area contributed by atoms with Crippen LogP contribution in [0, 0.1) is 19.7 Å². The molecule has 0 atom stereocenters. The van der Waals surface area contributed by atoms with E-state index in [0.29, 0.717) is 0 Å². The van der Waals surface area contributed by atoms with Crippen LogP contribution in [0.4, 0.5) is 4.39 Å². The van der Waals surface area contributed by atoms with Crippen molar-refractivity contribution in [1.29, 1.82) is 0 Å². The van der Waals surface area contributed by atoms with Gasteiger partial charge in [-0.15, -0.1) is 0 Å². The molecule has 0 aliphatic heterocycles. The van der Waals surface area contributed by atoms with E-state index >= 15 is 0 Å². The molecular formula is C11H11FN2. The van der Waals surface area contributed by atoms with Crippen molar-refractivity contribution in [1.82, 2.24) is 9.55 Å². The Balaban J connectivity index is 2.49. The fraction of sp³-hybridized carbons (Fsp3) is 0.182. The lowest BCUT2D eigenvalue weighted by Crippen LogP contribution is -1.94. The highest BCUT2D eigenvalue weighted by atomic mass is 19.1. The zero-order valence-corrected chi connectivity index (χ0v) is 8.16. The zero-order chi connectivity index (χ0) is 10.1. The van der Waals surface area contributed by atoms with E-state index in [-0.39, 0.29) is 5.82 Å². The van der Waals surface area contributed by atoms with Gasteiger partial charge >= 0.3 is 0 Å². The summed E-state index contributed by atoms with van der Waals surface area (Å²) in [4.78, 5) is 4.18. The molecule has 0 saturated carbocycles. The molecule has 2 nitrogen and oxygen atoms in total. The van der Waals surface area contributed by atoms with Crippen molar-refractivity contribution in [2.75, 3.05) is 0 Å². The van der Waals surface area contributed by atoms with E-state index in [1.54, 1.807) is 18.5 Å². The van der Waals surface area contributed by atoms with Crippen LogP contribution in [0.2, 0.25) is 0 Å². The molecule has 0 fully saturated rings. The van der Waals surface area contributed by atoms with Gasteiger partial charge in [0.15, 0.2) is 0 Å². The SMILES string of the molecule is Cc1ncn(-c2ccc(F)cc2)c1C. The van der Waals surface area contributed by atoms with Crippen molar-refractivity contribution in [3.63, 3.8) is 0 Å². The molecule has 0 unspecified atom stereocenters. The monoisotopic (exact) mass is 190 g/mol. The van der Waals surface area contributed by atoms with E-state index in [2.05, 4.69) is 4.98 Å². The van der Waals surface area contributed by atoms with Crippen LogP contribution in [0.1, 0.15) is 11.4 Å². The number of rotatable bonds is 1. The number of nitrogens with zero attached hydrogens (tertiary/aromatic N) is 2. The topological polar surface area (TPSA) is 17.8 Å². The maximum Gasteiger partial charge on any atom is 0.123 e. The average molecular weight is 190 g/mol. The molecule has 0 spiro atoms. The van der Waals surface area contributed by atoms with E-state index in [1.165, 1.54) is 12.1 Å². The molecule has 1 aromatic heterocycles. The third kappa shape index (κ3) is 1.41. The van der Waals surface area contributed by atoms with Gasteiger partial charge in [0.1, 0.15) is 5.82 Å². The fourth-order valence-electron chi connectivity index (χ4n) is 1.36. The van der Waals surface area contributed by atoms with Gasteiger partial charge in [-0.3, -0.25) is 0 Å². The normalized spacial score (nSPS) is 10.5. The van der Waals surface area contributed by atoms with Crippen LogP contribution in [-0.2, 0) is 0 Å². The number of halogens is 1. The predicted molar refractivity (Wildman–Crippen MR) is 53.0 cm³/mol. The van der Waals surface area contributed by atoms with Crippen LogP contribution in [0.25, 0.3) is 5.69 Å². The van der Waals surface area contributed by atoms with Gasteiger partial charge in [-0.1, -0.05) is 0 Å². The molecule has 2 aromatic rings. The molecule has 0 aliphatic carbocycles. The van der Waals surface area contributed by atoms with E-state index in [0.717, 1.165) is 17.1 Å². The molecule has 0 saturated heterocycles. The zero-order valence-electron chi connectivity index (χ0n) is 8.16. The van der Waals surface area contributed by atoms with Crippen LogP contribution in [-0.4, -0.2) is 9.55 Å². The molecule has 1 heterocycles. The van der Waals surface area contributed by atoms with Gasteiger partial charge in [0.2, 0.25) is 0 Å². The van der Waals surface area contributed by atoms with Gasteiger partial charge < -0.3 is 4.57 Å². The van der Waals surface area contributed by atoms with Crippen LogP contribution < -0.4 is 0 Å². The first-order valence-electron chi connectivity index (χ1n) is 4.45. The summed E-state index contributed by atoms with van der Waals surface area (Å²) >= 11 is 0. The van der Waals surface area contributed by atoms with E-state index < -0.39 is 0 Å². The Labute approximate surface area is 82.0 Å². The van der Waals surface area contributed by atoms with Crippen LogP contribution in [0.3, 0.4) is 0 Å². The lowest BCUT2D eigenvalue weighted by atomic mass is 10.3. The summed E-state index contributed by atoms with van der Waals surface area (Å²) in [6.45, 7) is 3.95. The lowest BCUT2D eigenvalue weighted by Gasteiger charge is -2.04. The quantitative estimate of drug-likeness (QED) is 0.676. The second-order valence-corrected chi connectivity index (χ2v) is 3.26. The summed E-state index contributed by atoms with van der Waals surface area (Å²) < 4.78 is 14.6. The third-order valence-corrected chi connectivity index (χ3v) is 2.36. The van der Waals surface area contributed by atoms with E-state index in [1.807, 2.05) is 18.4 Å². The molecule has 0 amide bonds. The Morgan fingerprint density at radius 2 is 1.79 bits per heavy atom. The van der Waals surface area contributed by atoms with Crippen molar-refractivity contribution >= 4 is 0 Å². The summed E-state index contributed by atoms with van der Waals surface area (Å²) in [6, 6.07) is 6.38. The Hall–Kier alpha value is -1.64. The van der Waals surface area contributed by atoms with Crippen LogP contribution in [0.15, 0.2) is 30.6 Å². The van der Waals surface area contributed by atoms with Gasteiger partial charge in [-0.2, -0.15) is 0 Å². The number of aromatic nitrogens is 2. The van der Waals surface area contributed by atoms with Crippen molar-refractivity contribution < 1.29 is 4.39 Å². The summed E-state index contributed by atoms with van der Waals surface area (Å²) in [6.07, 6.45) is 1.75. The Kier molecular flexibility index (Phi) is 2.08. The molecule has 72 valence electrons. The highest BCUT2D eigenvalue weighted by Crippen LogP contribution is 2.13. The number of imidazole rings is 1. The number of benzene rings is 1. The Morgan fingerprint density at radius 1 is 1.14 bits per heavy atom. The van der Waals surface area contributed by atoms with E-state index in [9.17, 15) is 4.39 Å². The number of hydrogen-bond acceptors (Lipinski definition) is 1. The highest BCUT2D eigenvalue weighted by molar-refractivity contribution is 5.34. The maximum absolute atomic E-state index is 12.7. The van der Waals surface area contributed by atoms with Crippen LogP contribution in [0.5, 0.6) is 0 Å². The fourth-order valence-corrected chi connectivity index (χ4v) is 1.36. The van der Waals surface area contributed by atoms with Crippen molar-refractivity contribution in [3.8, 4) is 5.69 Å². The first kappa shape index (κ1) is 8.94. The minimum absolute atomic E-state index is 0.219.